The van der Waals surface area contributed by atoms with Crippen molar-refractivity contribution in [2.24, 2.45) is 0 Å². The third-order valence-electron chi connectivity index (χ3n) is 3.19. The fourth-order valence-electron chi connectivity index (χ4n) is 2.26. The molecular weight excluding hydrogens is 266 g/mol. The molecule has 0 radical (unpaired) electrons. The SMILES string of the molecule is CCN(CC)C(CC(=O)O)c1c(Cl)cccc1OC. The van der Waals surface area contributed by atoms with E-state index in [2.05, 4.69) is 4.90 Å². The van der Waals surface area contributed by atoms with E-state index in [1.54, 1.807) is 25.3 Å². The Kier molecular flexibility index (Phi) is 6.12. The standard InChI is InChI=1S/C14H20ClNO3/c1-4-16(5-2)11(9-13(17)18)14-10(15)7-6-8-12(14)19-3/h6-8,11H,4-5,9H2,1-3H3,(H,17,18). The second kappa shape index (κ2) is 7.36. The van der Waals surface area contributed by atoms with Gasteiger partial charge in [-0.3, -0.25) is 9.69 Å². The quantitative estimate of drug-likeness (QED) is 0.836. The van der Waals surface area contributed by atoms with E-state index in [1.165, 1.54) is 0 Å². The lowest BCUT2D eigenvalue weighted by Crippen LogP contribution is -2.30. The van der Waals surface area contributed by atoms with Gasteiger partial charge in [-0.25, -0.2) is 0 Å². The first-order chi connectivity index (χ1) is 9.04. The first kappa shape index (κ1) is 15.8. The molecule has 106 valence electrons. The zero-order valence-corrected chi connectivity index (χ0v) is 12.3. The van der Waals surface area contributed by atoms with Crippen LogP contribution in [0.5, 0.6) is 5.75 Å². The van der Waals surface area contributed by atoms with E-state index in [9.17, 15) is 4.79 Å². The van der Waals surface area contributed by atoms with Crippen molar-refractivity contribution in [1.29, 1.82) is 0 Å². The van der Waals surface area contributed by atoms with Gasteiger partial charge < -0.3 is 9.84 Å². The van der Waals surface area contributed by atoms with Gasteiger partial charge in [0, 0.05) is 10.6 Å². The summed E-state index contributed by atoms with van der Waals surface area (Å²) in [7, 11) is 1.56. The van der Waals surface area contributed by atoms with Gasteiger partial charge in [0.15, 0.2) is 0 Å². The summed E-state index contributed by atoms with van der Waals surface area (Å²) < 4.78 is 5.32. The third kappa shape index (κ3) is 3.85. The largest absolute Gasteiger partial charge is 0.496 e. The summed E-state index contributed by atoms with van der Waals surface area (Å²) in [5, 5.41) is 9.67. The Morgan fingerprint density at radius 3 is 2.53 bits per heavy atom. The van der Waals surface area contributed by atoms with Crippen LogP contribution in [0, 0.1) is 0 Å². The summed E-state index contributed by atoms with van der Waals surface area (Å²) in [6.07, 6.45) is 0.00176. The number of halogens is 1. The predicted molar refractivity (Wildman–Crippen MR) is 75.9 cm³/mol. The summed E-state index contributed by atoms with van der Waals surface area (Å²) in [4.78, 5) is 13.2. The fourth-order valence-corrected chi connectivity index (χ4v) is 2.55. The lowest BCUT2D eigenvalue weighted by molar-refractivity contribution is -0.138. The van der Waals surface area contributed by atoms with Crippen molar-refractivity contribution in [3.8, 4) is 5.75 Å². The molecule has 1 aromatic carbocycles. The Morgan fingerprint density at radius 2 is 2.05 bits per heavy atom. The van der Waals surface area contributed by atoms with Crippen LogP contribution >= 0.6 is 11.6 Å². The smallest absolute Gasteiger partial charge is 0.305 e. The number of methoxy groups -OCH3 is 1. The van der Waals surface area contributed by atoms with Gasteiger partial charge in [-0.1, -0.05) is 31.5 Å². The van der Waals surface area contributed by atoms with E-state index in [0.29, 0.717) is 10.8 Å². The number of carboxylic acids is 1. The normalized spacial score (nSPS) is 12.5. The van der Waals surface area contributed by atoms with Crippen LogP contribution in [0.25, 0.3) is 0 Å². The van der Waals surface area contributed by atoms with Crippen LogP contribution in [0.3, 0.4) is 0 Å². The molecule has 0 aromatic heterocycles. The van der Waals surface area contributed by atoms with Crippen LogP contribution in [0.15, 0.2) is 18.2 Å². The molecule has 4 nitrogen and oxygen atoms in total. The molecule has 1 atom stereocenters. The molecule has 1 rings (SSSR count). The van der Waals surface area contributed by atoms with Gasteiger partial charge in [0.25, 0.3) is 0 Å². The lowest BCUT2D eigenvalue weighted by Gasteiger charge is -2.30. The minimum atomic E-state index is -0.848. The van der Waals surface area contributed by atoms with Gasteiger partial charge in [-0.05, 0) is 25.2 Å². The van der Waals surface area contributed by atoms with Gasteiger partial charge in [0.1, 0.15) is 5.75 Å². The van der Waals surface area contributed by atoms with Gasteiger partial charge in [0.2, 0.25) is 0 Å². The zero-order valence-electron chi connectivity index (χ0n) is 11.5. The van der Waals surface area contributed by atoms with Crippen LogP contribution < -0.4 is 4.74 Å². The molecule has 1 unspecified atom stereocenters. The Morgan fingerprint density at radius 1 is 1.42 bits per heavy atom. The van der Waals surface area contributed by atoms with E-state index >= 15 is 0 Å². The summed E-state index contributed by atoms with van der Waals surface area (Å²) >= 11 is 6.24. The van der Waals surface area contributed by atoms with E-state index < -0.39 is 5.97 Å². The van der Waals surface area contributed by atoms with E-state index in [-0.39, 0.29) is 12.5 Å². The molecule has 0 aliphatic heterocycles. The molecule has 0 aliphatic carbocycles. The van der Waals surface area contributed by atoms with Gasteiger partial charge >= 0.3 is 5.97 Å². The molecule has 0 saturated carbocycles. The zero-order chi connectivity index (χ0) is 14.4. The highest BCUT2D eigenvalue weighted by Gasteiger charge is 2.26. The second-order valence-electron chi connectivity index (χ2n) is 4.19. The van der Waals surface area contributed by atoms with Gasteiger partial charge in [-0.15, -0.1) is 0 Å². The highest BCUT2D eigenvalue weighted by molar-refractivity contribution is 6.31. The maximum absolute atomic E-state index is 11.1. The van der Waals surface area contributed by atoms with Gasteiger partial charge in [0.05, 0.1) is 19.6 Å². The molecule has 1 N–H and O–H groups in total. The molecule has 0 aliphatic rings. The molecule has 0 bridgehead atoms. The number of ether oxygens (including phenoxy) is 1. The van der Waals surface area contributed by atoms with Gasteiger partial charge in [-0.2, -0.15) is 0 Å². The molecule has 0 amide bonds. The second-order valence-corrected chi connectivity index (χ2v) is 4.60. The third-order valence-corrected chi connectivity index (χ3v) is 3.52. The molecule has 0 heterocycles. The summed E-state index contributed by atoms with van der Waals surface area (Å²) in [5.41, 5.74) is 0.748. The highest BCUT2D eigenvalue weighted by Crippen LogP contribution is 2.37. The number of hydrogen-bond donors (Lipinski definition) is 1. The minimum Gasteiger partial charge on any atom is -0.496 e. The molecule has 5 heteroatoms. The molecule has 0 spiro atoms. The number of carbonyl (C=O) groups is 1. The Bertz CT molecular complexity index is 433. The number of rotatable bonds is 7. The average Bonchev–Trinajstić information content (AvgIpc) is 2.38. The highest BCUT2D eigenvalue weighted by atomic mass is 35.5. The van der Waals surface area contributed by atoms with E-state index in [4.69, 9.17) is 21.4 Å². The first-order valence-corrected chi connectivity index (χ1v) is 6.71. The Balaban J connectivity index is 3.27. The van der Waals surface area contributed by atoms with Crippen LogP contribution in [0.4, 0.5) is 0 Å². The number of benzene rings is 1. The van der Waals surface area contributed by atoms with Crippen LogP contribution in [-0.4, -0.2) is 36.2 Å². The maximum Gasteiger partial charge on any atom is 0.305 e. The first-order valence-electron chi connectivity index (χ1n) is 6.33. The van der Waals surface area contributed by atoms with Crippen molar-refractivity contribution in [3.05, 3.63) is 28.8 Å². The topological polar surface area (TPSA) is 49.8 Å². The molecule has 0 fully saturated rings. The van der Waals surface area contributed by atoms with Crippen molar-refractivity contribution < 1.29 is 14.6 Å². The Labute approximate surface area is 118 Å². The van der Waals surface area contributed by atoms with Crippen molar-refractivity contribution in [2.45, 2.75) is 26.3 Å². The van der Waals surface area contributed by atoms with Crippen molar-refractivity contribution in [2.75, 3.05) is 20.2 Å². The van der Waals surface area contributed by atoms with Crippen LogP contribution in [0.2, 0.25) is 5.02 Å². The monoisotopic (exact) mass is 285 g/mol. The van der Waals surface area contributed by atoms with Crippen molar-refractivity contribution >= 4 is 17.6 Å². The van der Waals surface area contributed by atoms with E-state index in [0.717, 1.165) is 18.7 Å². The average molecular weight is 286 g/mol. The van der Waals surface area contributed by atoms with Crippen LogP contribution in [-0.2, 0) is 4.79 Å². The summed E-state index contributed by atoms with van der Waals surface area (Å²) in [6.45, 7) is 5.51. The summed E-state index contributed by atoms with van der Waals surface area (Å²) in [6, 6.07) is 5.08. The number of aliphatic carboxylic acids is 1. The minimum absolute atomic E-state index is 0.00176. The Hall–Kier alpha value is -1.26. The molecular formula is C14H20ClNO3. The van der Waals surface area contributed by atoms with Crippen LogP contribution in [0.1, 0.15) is 31.9 Å². The summed E-state index contributed by atoms with van der Waals surface area (Å²) in [5.74, 6) is -0.218. The van der Waals surface area contributed by atoms with E-state index in [1.807, 2.05) is 13.8 Å². The molecule has 19 heavy (non-hydrogen) atoms. The lowest BCUT2D eigenvalue weighted by atomic mass is 10.0. The number of hydrogen-bond acceptors (Lipinski definition) is 3. The van der Waals surface area contributed by atoms with Crippen molar-refractivity contribution in [1.82, 2.24) is 4.90 Å². The van der Waals surface area contributed by atoms with Crippen molar-refractivity contribution in [3.63, 3.8) is 0 Å². The number of carboxylic acid groups (broad SMARTS) is 1. The number of nitrogens with zero attached hydrogens (tertiary/aromatic N) is 1. The maximum atomic E-state index is 11.1. The molecule has 1 aromatic rings. The predicted octanol–water partition coefficient (Wildman–Crippen LogP) is 3.21. The fraction of sp³-hybridized carbons (Fsp3) is 0.500. The molecule has 0 saturated heterocycles.